The Balaban J connectivity index is 2.44. The van der Waals surface area contributed by atoms with Crippen LogP contribution in [0.5, 0.6) is 5.75 Å². The molecule has 2 aromatic rings. The van der Waals surface area contributed by atoms with Crippen molar-refractivity contribution in [1.29, 1.82) is 0 Å². The van der Waals surface area contributed by atoms with Crippen LogP contribution in [-0.2, 0) is 6.54 Å². The van der Waals surface area contributed by atoms with Crippen molar-refractivity contribution in [2.45, 2.75) is 13.5 Å². The van der Waals surface area contributed by atoms with Gasteiger partial charge in [0.05, 0.1) is 25.7 Å². The van der Waals surface area contributed by atoms with Gasteiger partial charge >= 0.3 is 0 Å². The van der Waals surface area contributed by atoms with E-state index in [1.807, 2.05) is 0 Å². The smallest absolute Gasteiger partial charge is 0.268 e. The number of hydrogen-bond acceptors (Lipinski definition) is 3. The lowest BCUT2D eigenvalue weighted by molar-refractivity contribution is 0.408. The Hall–Kier alpha value is -1.33. The highest BCUT2D eigenvalue weighted by molar-refractivity contribution is 9.10. The van der Waals surface area contributed by atoms with Crippen LogP contribution in [0.15, 0.2) is 33.8 Å². The molecule has 0 bridgehead atoms. The lowest BCUT2D eigenvalue weighted by Gasteiger charge is -2.11. The van der Waals surface area contributed by atoms with Crippen LogP contribution in [0.3, 0.4) is 0 Å². The zero-order valence-electron chi connectivity index (χ0n) is 10.5. The molecule has 0 unspecified atom stereocenters. The minimum Gasteiger partial charge on any atom is -0.496 e. The van der Waals surface area contributed by atoms with Gasteiger partial charge in [-0.1, -0.05) is 11.6 Å². The quantitative estimate of drug-likeness (QED) is 0.860. The Morgan fingerprint density at radius 3 is 2.89 bits per heavy atom. The lowest BCUT2D eigenvalue weighted by Crippen LogP contribution is -2.22. The van der Waals surface area contributed by atoms with Crippen molar-refractivity contribution in [2.24, 2.45) is 0 Å². The first-order valence-electron chi connectivity index (χ1n) is 5.57. The summed E-state index contributed by atoms with van der Waals surface area (Å²) in [5.41, 5.74) is 1.36. The summed E-state index contributed by atoms with van der Waals surface area (Å²) in [5.74, 6) is 0.688. The molecule has 2 rings (SSSR count). The van der Waals surface area contributed by atoms with Gasteiger partial charge in [0.25, 0.3) is 5.56 Å². The highest BCUT2D eigenvalue weighted by atomic mass is 79.9. The van der Waals surface area contributed by atoms with Crippen molar-refractivity contribution in [3.8, 4) is 5.75 Å². The van der Waals surface area contributed by atoms with E-state index in [2.05, 4.69) is 20.9 Å². The summed E-state index contributed by atoms with van der Waals surface area (Å²) in [5, 5.41) is 0.600. The molecule has 0 spiro atoms. The first-order chi connectivity index (χ1) is 9.02. The van der Waals surface area contributed by atoms with E-state index in [-0.39, 0.29) is 5.56 Å². The molecule has 0 saturated heterocycles. The Kier molecular flexibility index (Phi) is 4.27. The lowest BCUT2D eigenvalue weighted by atomic mass is 10.2. The van der Waals surface area contributed by atoms with Gasteiger partial charge in [-0.25, -0.2) is 4.98 Å². The third-order valence-corrected chi connectivity index (χ3v) is 3.89. The van der Waals surface area contributed by atoms with E-state index in [1.165, 1.54) is 10.9 Å². The Labute approximate surface area is 124 Å². The molecule has 100 valence electrons. The molecule has 6 heteroatoms. The van der Waals surface area contributed by atoms with Gasteiger partial charge in [-0.3, -0.25) is 9.36 Å². The van der Waals surface area contributed by atoms with Crippen LogP contribution in [0.1, 0.15) is 11.3 Å². The number of ether oxygens (including phenoxy) is 1. The molecule has 0 atom stereocenters. The largest absolute Gasteiger partial charge is 0.496 e. The normalized spacial score (nSPS) is 10.5. The molecule has 1 aromatic heterocycles. The SMILES string of the molecule is COc1ccc(Cl)cc1Cn1cnc(C)c(Br)c1=O. The molecule has 0 aliphatic carbocycles. The maximum absolute atomic E-state index is 12.1. The van der Waals surface area contributed by atoms with Crippen LogP contribution >= 0.6 is 27.5 Å². The summed E-state index contributed by atoms with van der Waals surface area (Å²) in [6.45, 7) is 2.13. The van der Waals surface area contributed by atoms with Crippen molar-refractivity contribution in [3.05, 3.63) is 55.6 Å². The summed E-state index contributed by atoms with van der Waals surface area (Å²) in [6, 6.07) is 5.30. The van der Waals surface area contributed by atoms with Gasteiger partial charge in [-0.2, -0.15) is 0 Å². The zero-order valence-corrected chi connectivity index (χ0v) is 12.8. The summed E-state index contributed by atoms with van der Waals surface area (Å²) in [7, 11) is 1.58. The molecular weight excluding hydrogens is 332 g/mol. The minimum atomic E-state index is -0.130. The number of methoxy groups -OCH3 is 1. The molecule has 1 aromatic carbocycles. The van der Waals surface area contributed by atoms with Crippen molar-refractivity contribution >= 4 is 27.5 Å². The van der Waals surface area contributed by atoms with Gasteiger partial charge in [0.15, 0.2) is 0 Å². The van der Waals surface area contributed by atoms with Crippen LogP contribution < -0.4 is 10.3 Å². The molecular formula is C13H12BrClN2O2. The molecule has 0 N–H and O–H groups in total. The fourth-order valence-corrected chi connectivity index (χ4v) is 2.24. The minimum absolute atomic E-state index is 0.130. The van der Waals surface area contributed by atoms with Crippen molar-refractivity contribution in [3.63, 3.8) is 0 Å². The topological polar surface area (TPSA) is 44.1 Å². The Morgan fingerprint density at radius 2 is 2.21 bits per heavy atom. The maximum Gasteiger partial charge on any atom is 0.268 e. The van der Waals surface area contributed by atoms with E-state index in [0.29, 0.717) is 27.5 Å². The van der Waals surface area contributed by atoms with Gasteiger partial charge in [0.2, 0.25) is 0 Å². The van der Waals surface area contributed by atoms with Gasteiger partial charge in [-0.05, 0) is 41.1 Å². The summed E-state index contributed by atoms with van der Waals surface area (Å²) in [4.78, 5) is 16.2. The Morgan fingerprint density at radius 1 is 1.47 bits per heavy atom. The van der Waals surface area contributed by atoms with E-state index in [4.69, 9.17) is 16.3 Å². The number of benzene rings is 1. The van der Waals surface area contributed by atoms with Gasteiger partial charge in [0, 0.05) is 10.6 Å². The van der Waals surface area contributed by atoms with Crippen LogP contribution in [-0.4, -0.2) is 16.7 Å². The highest BCUT2D eigenvalue weighted by Crippen LogP contribution is 2.23. The van der Waals surface area contributed by atoms with E-state index in [9.17, 15) is 4.79 Å². The van der Waals surface area contributed by atoms with Crippen molar-refractivity contribution < 1.29 is 4.74 Å². The molecule has 4 nitrogen and oxygen atoms in total. The third kappa shape index (κ3) is 2.98. The fraction of sp³-hybridized carbons (Fsp3) is 0.231. The van der Waals surface area contributed by atoms with Crippen LogP contribution in [0.2, 0.25) is 5.02 Å². The molecule has 0 amide bonds. The summed E-state index contributed by atoms with van der Waals surface area (Å²) >= 11 is 9.21. The average Bonchev–Trinajstić information content (AvgIpc) is 2.40. The standard InChI is InChI=1S/C13H12BrClN2O2/c1-8-12(14)13(18)17(7-16-8)6-9-5-10(15)3-4-11(9)19-2/h3-5,7H,6H2,1-2H3. The second kappa shape index (κ2) is 5.75. The summed E-state index contributed by atoms with van der Waals surface area (Å²) < 4.78 is 7.23. The number of rotatable bonds is 3. The predicted molar refractivity (Wildman–Crippen MR) is 78.0 cm³/mol. The number of halogens is 2. The highest BCUT2D eigenvalue weighted by Gasteiger charge is 2.09. The van der Waals surface area contributed by atoms with Gasteiger partial charge in [-0.15, -0.1) is 0 Å². The van der Waals surface area contributed by atoms with Crippen molar-refractivity contribution in [1.82, 2.24) is 9.55 Å². The van der Waals surface area contributed by atoms with E-state index in [1.54, 1.807) is 32.2 Å². The first-order valence-corrected chi connectivity index (χ1v) is 6.74. The predicted octanol–water partition coefficient (Wildman–Crippen LogP) is 3.02. The van der Waals surface area contributed by atoms with E-state index >= 15 is 0 Å². The second-order valence-corrected chi connectivity index (χ2v) is 5.26. The van der Waals surface area contributed by atoms with E-state index in [0.717, 1.165) is 5.56 Å². The first kappa shape index (κ1) is 14.1. The number of aromatic nitrogens is 2. The average molecular weight is 344 g/mol. The third-order valence-electron chi connectivity index (χ3n) is 2.74. The van der Waals surface area contributed by atoms with Crippen LogP contribution in [0.25, 0.3) is 0 Å². The monoisotopic (exact) mass is 342 g/mol. The van der Waals surface area contributed by atoms with Gasteiger partial charge < -0.3 is 4.74 Å². The second-order valence-electron chi connectivity index (χ2n) is 4.03. The molecule has 0 aliphatic rings. The van der Waals surface area contributed by atoms with Crippen molar-refractivity contribution in [2.75, 3.05) is 7.11 Å². The molecule has 1 heterocycles. The molecule has 0 radical (unpaired) electrons. The summed E-state index contributed by atoms with van der Waals surface area (Å²) in [6.07, 6.45) is 1.52. The number of nitrogens with zero attached hydrogens (tertiary/aromatic N) is 2. The molecule has 0 fully saturated rings. The Bertz CT molecular complexity index is 670. The zero-order chi connectivity index (χ0) is 14.0. The molecule has 0 saturated carbocycles. The fourth-order valence-electron chi connectivity index (χ4n) is 1.71. The number of aryl methyl sites for hydroxylation is 1. The maximum atomic E-state index is 12.1. The van der Waals surface area contributed by atoms with E-state index < -0.39 is 0 Å². The van der Waals surface area contributed by atoms with Gasteiger partial charge in [0.1, 0.15) is 10.2 Å². The van der Waals surface area contributed by atoms with Crippen LogP contribution in [0, 0.1) is 6.92 Å². The molecule has 0 aliphatic heterocycles. The molecule has 19 heavy (non-hydrogen) atoms. The number of hydrogen-bond donors (Lipinski definition) is 0. The van der Waals surface area contributed by atoms with Crippen LogP contribution in [0.4, 0.5) is 0 Å².